The fourth-order valence-corrected chi connectivity index (χ4v) is 3.92. The van der Waals surface area contributed by atoms with Crippen molar-refractivity contribution in [3.63, 3.8) is 0 Å². The fraction of sp³-hybridized carbons (Fsp3) is 0.455. The molecule has 0 aliphatic carbocycles. The van der Waals surface area contributed by atoms with Crippen LogP contribution in [0, 0.1) is 12.8 Å². The Balaban J connectivity index is 1.25. The molecule has 4 rings (SSSR count). The number of nitrogens with zero attached hydrogens (tertiary/aromatic N) is 4. The summed E-state index contributed by atoms with van der Waals surface area (Å²) in [6, 6.07) is 11.3. The van der Waals surface area contributed by atoms with Crippen molar-refractivity contribution in [2.75, 3.05) is 42.6 Å². The molecule has 1 unspecified atom stereocenters. The topological polar surface area (TPSA) is 87.7 Å². The van der Waals surface area contributed by atoms with Crippen molar-refractivity contribution in [3.8, 4) is 5.88 Å². The Morgan fingerprint density at radius 3 is 2.73 bits per heavy atom. The Morgan fingerprint density at radius 2 is 1.97 bits per heavy atom. The molecule has 0 saturated carbocycles. The van der Waals surface area contributed by atoms with Crippen LogP contribution in [0.25, 0.3) is 0 Å². The minimum Gasteiger partial charge on any atom is -0.476 e. The molecule has 0 radical (unpaired) electrons. The Bertz CT molecular complexity index is 899. The number of benzene rings is 1. The van der Waals surface area contributed by atoms with Crippen molar-refractivity contribution >= 4 is 23.3 Å². The lowest BCUT2D eigenvalue weighted by atomic mass is 10.1. The average molecular weight is 409 g/mol. The van der Waals surface area contributed by atoms with E-state index in [0.29, 0.717) is 31.4 Å². The van der Waals surface area contributed by atoms with E-state index in [2.05, 4.69) is 20.2 Å². The van der Waals surface area contributed by atoms with Crippen molar-refractivity contribution in [2.45, 2.75) is 26.2 Å². The highest BCUT2D eigenvalue weighted by atomic mass is 16.5. The normalized spacial score (nSPS) is 18.7. The van der Waals surface area contributed by atoms with Gasteiger partial charge in [-0.1, -0.05) is 18.2 Å². The number of hydrogen-bond acceptors (Lipinski definition) is 6. The summed E-state index contributed by atoms with van der Waals surface area (Å²) in [5.74, 6) is 1.59. The second-order valence-electron chi connectivity index (χ2n) is 7.69. The van der Waals surface area contributed by atoms with Crippen LogP contribution in [0.15, 0.2) is 36.4 Å². The lowest BCUT2D eigenvalue weighted by Gasteiger charge is -2.18. The van der Waals surface area contributed by atoms with Crippen LogP contribution >= 0.6 is 0 Å². The smallest absolute Gasteiger partial charge is 0.227 e. The van der Waals surface area contributed by atoms with E-state index in [1.807, 2.05) is 43.3 Å². The molecule has 0 bridgehead atoms. The molecule has 2 aromatic rings. The van der Waals surface area contributed by atoms with Gasteiger partial charge in [0.15, 0.2) is 0 Å². The molecule has 1 atom stereocenters. The number of aromatic nitrogens is 2. The summed E-state index contributed by atoms with van der Waals surface area (Å²) in [4.78, 5) is 37.5. The number of anilines is 2. The average Bonchev–Trinajstić information content (AvgIpc) is 3.41. The standard InChI is InChI=1S/C22H27N5O3/c1-16-24-19(26-10-5-6-11-26)14-20(25-16)30-12-9-23-22(29)17-13-21(28)27(15-17)18-7-3-2-4-8-18/h2-4,7-8,14,17H,5-6,9-13,15H2,1H3,(H,23,29). The summed E-state index contributed by atoms with van der Waals surface area (Å²) >= 11 is 0. The van der Waals surface area contributed by atoms with Crippen molar-refractivity contribution in [1.82, 2.24) is 15.3 Å². The number of hydrogen-bond donors (Lipinski definition) is 1. The van der Waals surface area contributed by atoms with Crippen molar-refractivity contribution < 1.29 is 14.3 Å². The molecule has 1 aromatic carbocycles. The maximum absolute atomic E-state index is 12.5. The van der Waals surface area contributed by atoms with Crippen LogP contribution in [-0.4, -0.2) is 54.6 Å². The zero-order valence-corrected chi connectivity index (χ0v) is 17.2. The molecule has 1 aromatic heterocycles. The van der Waals surface area contributed by atoms with Crippen LogP contribution in [0.3, 0.4) is 0 Å². The maximum Gasteiger partial charge on any atom is 0.227 e. The zero-order chi connectivity index (χ0) is 20.9. The molecule has 2 amide bonds. The van der Waals surface area contributed by atoms with Crippen molar-refractivity contribution in [2.24, 2.45) is 5.92 Å². The van der Waals surface area contributed by atoms with Gasteiger partial charge < -0.3 is 19.9 Å². The first-order valence-corrected chi connectivity index (χ1v) is 10.5. The van der Waals surface area contributed by atoms with Crippen LogP contribution in [-0.2, 0) is 9.59 Å². The molecule has 2 aliphatic heterocycles. The number of para-hydroxylation sites is 1. The van der Waals surface area contributed by atoms with Gasteiger partial charge in [0.25, 0.3) is 0 Å². The number of amides is 2. The molecule has 8 heteroatoms. The number of ether oxygens (including phenoxy) is 1. The number of nitrogens with one attached hydrogen (secondary N) is 1. The number of carbonyl (C=O) groups is 2. The Labute approximate surface area is 176 Å². The largest absolute Gasteiger partial charge is 0.476 e. The van der Waals surface area contributed by atoms with E-state index in [4.69, 9.17) is 4.74 Å². The lowest BCUT2D eigenvalue weighted by molar-refractivity contribution is -0.126. The van der Waals surface area contributed by atoms with E-state index in [1.165, 1.54) is 12.8 Å². The SMILES string of the molecule is Cc1nc(OCCNC(=O)C2CC(=O)N(c3ccccc3)C2)cc(N2CCCC2)n1. The third-order valence-corrected chi connectivity index (χ3v) is 5.45. The second kappa shape index (κ2) is 9.11. The Hall–Kier alpha value is -3.16. The highest BCUT2D eigenvalue weighted by Crippen LogP contribution is 2.25. The predicted octanol–water partition coefficient (Wildman–Crippen LogP) is 1.93. The van der Waals surface area contributed by atoms with E-state index < -0.39 is 0 Å². The van der Waals surface area contributed by atoms with Gasteiger partial charge in [-0.2, -0.15) is 4.98 Å². The summed E-state index contributed by atoms with van der Waals surface area (Å²) in [5, 5.41) is 2.88. The predicted molar refractivity (Wildman–Crippen MR) is 114 cm³/mol. The molecular formula is C22H27N5O3. The fourth-order valence-electron chi connectivity index (χ4n) is 3.92. The van der Waals surface area contributed by atoms with Crippen LogP contribution in [0.2, 0.25) is 0 Å². The molecule has 0 spiro atoms. The third kappa shape index (κ3) is 4.69. The van der Waals surface area contributed by atoms with E-state index >= 15 is 0 Å². The molecule has 1 N–H and O–H groups in total. The zero-order valence-electron chi connectivity index (χ0n) is 17.2. The van der Waals surface area contributed by atoms with Crippen LogP contribution < -0.4 is 19.9 Å². The molecule has 2 aliphatic rings. The third-order valence-electron chi connectivity index (χ3n) is 5.45. The summed E-state index contributed by atoms with van der Waals surface area (Å²) in [5.41, 5.74) is 0.828. The van der Waals surface area contributed by atoms with Crippen LogP contribution in [0.4, 0.5) is 11.5 Å². The van der Waals surface area contributed by atoms with Gasteiger partial charge in [0.1, 0.15) is 18.2 Å². The highest BCUT2D eigenvalue weighted by Gasteiger charge is 2.34. The van der Waals surface area contributed by atoms with Gasteiger partial charge in [0.05, 0.1) is 12.5 Å². The minimum atomic E-state index is -0.347. The first-order valence-electron chi connectivity index (χ1n) is 10.5. The molecule has 3 heterocycles. The first kappa shape index (κ1) is 20.1. The Kier molecular flexibility index (Phi) is 6.11. The van der Waals surface area contributed by atoms with E-state index in [1.54, 1.807) is 4.90 Å². The molecule has 158 valence electrons. The molecule has 30 heavy (non-hydrogen) atoms. The minimum absolute atomic E-state index is 0.0245. The molecule has 8 nitrogen and oxygen atoms in total. The van der Waals surface area contributed by atoms with Crippen molar-refractivity contribution in [3.05, 3.63) is 42.2 Å². The monoisotopic (exact) mass is 409 g/mol. The van der Waals surface area contributed by atoms with Crippen LogP contribution in [0.1, 0.15) is 25.1 Å². The summed E-state index contributed by atoms with van der Waals surface area (Å²) in [7, 11) is 0. The van der Waals surface area contributed by atoms with Gasteiger partial charge in [-0.15, -0.1) is 0 Å². The van der Waals surface area contributed by atoms with Gasteiger partial charge in [-0.05, 0) is 31.9 Å². The molecule has 2 fully saturated rings. The Morgan fingerprint density at radius 1 is 1.20 bits per heavy atom. The summed E-state index contributed by atoms with van der Waals surface area (Å²) < 4.78 is 5.74. The van der Waals surface area contributed by atoms with Gasteiger partial charge in [0.2, 0.25) is 17.7 Å². The summed E-state index contributed by atoms with van der Waals surface area (Å²) in [6.07, 6.45) is 2.58. The highest BCUT2D eigenvalue weighted by molar-refractivity contribution is 6.00. The first-order chi connectivity index (χ1) is 14.6. The van der Waals surface area contributed by atoms with Crippen molar-refractivity contribution in [1.29, 1.82) is 0 Å². The lowest BCUT2D eigenvalue weighted by Crippen LogP contribution is -2.35. The van der Waals surface area contributed by atoms with E-state index in [0.717, 1.165) is 24.6 Å². The summed E-state index contributed by atoms with van der Waals surface area (Å²) in [6.45, 7) is 4.93. The molecule has 2 saturated heterocycles. The van der Waals surface area contributed by atoms with Crippen LogP contribution in [0.5, 0.6) is 5.88 Å². The van der Waals surface area contributed by atoms with Gasteiger partial charge in [-0.25, -0.2) is 4.98 Å². The number of rotatable bonds is 7. The van der Waals surface area contributed by atoms with Gasteiger partial charge in [0, 0.05) is 37.8 Å². The quantitative estimate of drug-likeness (QED) is 0.703. The number of aryl methyl sites for hydroxylation is 1. The van der Waals surface area contributed by atoms with E-state index in [9.17, 15) is 9.59 Å². The van der Waals surface area contributed by atoms with E-state index in [-0.39, 0.29) is 24.2 Å². The number of carbonyl (C=O) groups excluding carboxylic acids is 2. The maximum atomic E-state index is 12.5. The van der Waals surface area contributed by atoms with Gasteiger partial charge >= 0.3 is 0 Å². The van der Waals surface area contributed by atoms with Gasteiger partial charge in [-0.3, -0.25) is 9.59 Å². The molecular weight excluding hydrogens is 382 g/mol. The second-order valence-corrected chi connectivity index (χ2v) is 7.69.